The van der Waals surface area contributed by atoms with E-state index >= 15 is 0 Å². The van der Waals surface area contributed by atoms with E-state index in [2.05, 4.69) is 81.4 Å². The predicted octanol–water partition coefficient (Wildman–Crippen LogP) is 3.30. The maximum Gasteiger partial charge on any atom is 0.261 e. The van der Waals surface area contributed by atoms with Crippen molar-refractivity contribution in [3.05, 3.63) is 60.7 Å². The number of fused-ring (bicyclic) bond motifs is 1. The molecule has 0 heterocycles. The molecule has 2 aromatic carbocycles. The van der Waals surface area contributed by atoms with Gasteiger partial charge in [-0.25, -0.2) is 0 Å². The maximum atomic E-state index is 7.22. The highest BCUT2D eigenvalue weighted by Crippen LogP contribution is 2.54. The van der Waals surface area contributed by atoms with E-state index in [0.717, 1.165) is 6.42 Å². The van der Waals surface area contributed by atoms with E-state index in [4.69, 9.17) is 10.2 Å². The van der Waals surface area contributed by atoms with Crippen LogP contribution < -0.4 is 16.1 Å². The highest BCUT2D eigenvalue weighted by atomic mass is 28.4. The van der Waals surface area contributed by atoms with E-state index < -0.39 is 8.32 Å². The van der Waals surface area contributed by atoms with Gasteiger partial charge in [-0.1, -0.05) is 81.4 Å². The van der Waals surface area contributed by atoms with Crippen LogP contribution in [0.4, 0.5) is 0 Å². The Morgan fingerprint density at radius 3 is 1.72 bits per heavy atom. The summed E-state index contributed by atoms with van der Waals surface area (Å²) in [4.78, 5) is 0. The van der Waals surface area contributed by atoms with Gasteiger partial charge in [0.1, 0.15) is 0 Å². The second kappa shape index (κ2) is 6.08. The molecule has 3 heteroatoms. The third-order valence-corrected chi connectivity index (χ3v) is 11.2. The van der Waals surface area contributed by atoms with Gasteiger partial charge >= 0.3 is 0 Å². The molecule has 0 radical (unpaired) electrons. The fourth-order valence-electron chi connectivity index (χ4n) is 4.83. The Bertz CT molecular complexity index is 685. The molecule has 2 aliphatic rings. The van der Waals surface area contributed by atoms with Crippen molar-refractivity contribution in [2.75, 3.05) is 0 Å². The van der Waals surface area contributed by atoms with Gasteiger partial charge in [-0.05, 0) is 40.1 Å². The topological polar surface area (TPSA) is 35.2 Å². The Hall–Kier alpha value is -1.42. The molecule has 25 heavy (non-hydrogen) atoms. The molecule has 0 bridgehead atoms. The molecule has 2 N–H and O–H groups in total. The molecule has 4 rings (SSSR count). The zero-order chi connectivity index (χ0) is 17.7. The van der Waals surface area contributed by atoms with Crippen molar-refractivity contribution in [3.63, 3.8) is 0 Å². The summed E-state index contributed by atoms with van der Waals surface area (Å²) in [5.41, 5.74) is 6.35. The van der Waals surface area contributed by atoms with Gasteiger partial charge in [-0.15, -0.1) is 0 Å². The molecule has 2 nitrogen and oxygen atoms in total. The van der Waals surface area contributed by atoms with Crippen LogP contribution in [0.25, 0.3) is 0 Å². The third-order valence-electron chi connectivity index (χ3n) is 6.17. The van der Waals surface area contributed by atoms with Crippen LogP contribution >= 0.6 is 0 Å². The van der Waals surface area contributed by atoms with E-state index in [0.29, 0.717) is 24.0 Å². The monoisotopic (exact) mass is 351 g/mol. The largest absolute Gasteiger partial charge is 0.404 e. The highest BCUT2D eigenvalue weighted by Gasteiger charge is 2.58. The average molecular weight is 352 g/mol. The quantitative estimate of drug-likeness (QED) is 0.858. The van der Waals surface area contributed by atoms with Gasteiger partial charge in [0.05, 0.1) is 6.10 Å². The van der Waals surface area contributed by atoms with Crippen LogP contribution in [0.15, 0.2) is 60.7 Å². The van der Waals surface area contributed by atoms with Crippen molar-refractivity contribution in [3.8, 4) is 0 Å². The van der Waals surface area contributed by atoms with Crippen molar-refractivity contribution in [2.45, 2.75) is 50.8 Å². The van der Waals surface area contributed by atoms with Gasteiger partial charge in [0.15, 0.2) is 0 Å². The lowest BCUT2D eigenvalue weighted by Crippen LogP contribution is -2.67. The van der Waals surface area contributed by atoms with Crippen LogP contribution in [0.1, 0.15) is 33.6 Å². The first-order chi connectivity index (χ1) is 11.9. The van der Waals surface area contributed by atoms with E-state index in [-0.39, 0.29) is 5.04 Å². The molecule has 0 spiro atoms. The van der Waals surface area contributed by atoms with E-state index in [1.807, 2.05) is 0 Å². The fourth-order valence-corrected chi connectivity index (χ4v) is 9.57. The Balaban J connectivity index is 1.84. The SMILES string of the molecule is CC(C)(C)[Si](O[C@H]1C[C@@H](N)[C@@H]2C[C@@H]21)(c1ccccc1)c1ccccc1. The number of benzene rings is 2. The summed E-state index contributed by atoms with van der Waals surface area (Å²) in [5.74, 6) is 1.37. The van der Waals surface area contributed by atoms with Crippen LogP contribution in [0, 0.1) is 11.8 Å². The molecule has 2 fully saturated rings. The summed E-state index contributed by atoms with van der Waals surface area (Å²) < 4.78 is 7.22. The number of hydrogen-bond acceptors (Lipinski definition) is 2. The number of nitrogens with two attached hydrogens (primary N) is 1. The van der Waals surface area contributed by atoms with Gasteiger partial charge in [0.25, 0.3) is 8.32 Å². The minimum absolute atomic E-state index is 0.0484. The Morgan fingerprint density at radius 1 is 0.840 bits per heavy atom. The van der Waals surface area contributed by atoms with E-state index in [1.54, 1.807) is 0 Å². The predicted molar refractivity (Wildman–Crippen MR) is 107 cm³/mol. The average Bonchev–Trinajstić information content (AvgIpc) is 3.34. The molecule has 0 saturated heterocycles. The number of hydrogen-bond donors (Lipinski definition) is 1. The van der Waals surface area contributed by atoms with Crippen LogP contribution in [0.5, 0.6) is 0 Å². The molecule has 132 valence electrons. The summed E-state index contributed by atoms with van der Waals surface area (Å²) in [5, 5.41) is 2.78. The highest BCUT2D eigenvalue weighted by molar-refractivity contribution is 6.99. The van der Waals surface area contributed by atoms with Crippen LogP contribution in [-0.4, -0.2) is 20.5 Å². The first kappa shape index (κ1) is 17.0. The van der Waals surface area contributed by atoms with E-state index in [9.17, 15) is 0 Å². The van der Waals surface area contributed by atoms with Gasteiger partial charge in [0, 0.05) is 6.04 Å². The van der Waals surface area contributed by atoms with Gasteiger partial charge in [0.2, 0.25) is 0 Å². The molecular weight excluding hydrogens is 322 g/mol. The van der Waals surface area contributed by atoms with Crippen molar-refractivity contribution in [1.29, 1.82) is 0 Å². The van der Waals surface area contributed by atoms with Crippen molar-refractivity contribution in [1.82, 2.24) is 0 Å². The van der Waals surface area contributed by atoms with Crippen molar-refractivity contribution < 1.29 is 4.43 Å². The zero-order valence-electron chi connectivity index (χ0n) is 15.5. The van der Waals surface area contributed by atoms with Crippen LogP contribution in [-0.2, 0) is 4.43 Å². The molecule has 4 atom stereocenters. The lowest BCUT2D eigenvalue weighted by atomic mass is 10.2. The lowest BCUT2D eigenvalue weighted by Gasteiger charge is -2.45. The second-order valence-electron chi connectivity index (χ2n) is 8.78. The Labute approximate surface area is 152 Å². The van der Waals surface area contributed by atoms with Gasteiger partial charge < -0.3 is 10.2 Å². The van der Waals surface area contributed by atoms with Gasteiger partial charge in [-0.2, -0.15) is 0 Å². The Morgan fingerprint density at radius 2 is 1.36 bits per heavy atom. The second-order valence-corrected chi connectivity index (χ2v) is 13.0. The van der Waals surface area contributed by atoms with Gasteiger partial charge in [-0.3, -0.25) is 0 Å². The normalized spacial score (nSPS) is 28.6. The molecular formula is C22H29NOSi. The first-order valence-corrected chi connectivity index (χ1v) is 11.4. The van der Waals surface area contributed by atoms with Crippen LogP contribution in [0.3, 0.4) is 0 Å². The molecule has 0 aromatic heterocycles. The minimum Gasteiger partial charge on any atom is -0.404 e. The molecule has 2 saturated carbocycles. The Kier molecular flexibility index (Phi) is 4.14. The third kappa shape index (κ3) is 2.79. The number of rotatable bonds is 4. The molecule has 2 aromatic rings. The summed E-state index contributed by atoms with van der Waals surface area (Å²) >= 11 is 0. The van der Waals surface area contributed by atoms with Crippen molar-refractivity contribution in [2.24, 2.45) is 17.6 Å². The van der Waals surface area contributed by atoms with Crippen LogP contribution in [0.2, 0.25) is 5.04 Å². The standard InChI is InChI=1S/C22H29NOSi/c1-22(2,3)25(16-10-6-4-7-11-16,17-12-8-5-9-13-17)24-21-15-20(23)18-14-19(18)21/h4-13,18-21H,14-15,23H2,1-3H3/t18-,19+,20-,21+/m1/s1. The summed E-state index contributed by atoms with van der Waals surface area (Å²) in [6.07, 6.45) is 2.58. The molecule has 2 aliphatic carbocycles. The smallest absolute Gasteiger partial charge is 0.261 e. The minimum atomic E-state index is -2.41. The first-order valence-electron chi connectivity index (χ1n) is 9.48. The summed E-state index contributed by atoms with van der Waals surface area (Å²) in [6, 6.07) is 22.2. The lowest BCUT2D eigenvalue weighted by molar-refractivity contribution is 0.170. The molecule has 0 amide bonds. The maximum absolute atomic E-state index is 7.22. The summed E-state index contributed by atoms with van der Waals surface area (Å²) in [7, 11) is -2.41. The molecule has 0 aliphatic heterocycles. The van der Waals surface area contributed by atoms with Crippen molar-refractivity contribution >= 4 is 18.7 Å². The summed E-state index contributed by atoms with van der Waals surface area (Å²) in [6.45, 7) is 7.04. The zero-order valence-corrected chi connectivity index (χ0v) is 16.5. The molecule has 0 unspecified atom stereocenters. The van der Waals surface area contributed by atoms with E-state index in [1.165, 1.54) is 16.8 Å². The fraction of sp³-hybridized carbons (Fsp3) is 0.455.